The monoisotopic (exact) mass is 316 g/mol. The molecule has 120 valence electrons. The maximum absolute atomic E-state index is 12.7. The molecular formula is C14H24N2O4S. The summed E-state index contributed by atoms with van der Waals surface area (Å²) in [5, 5.41) is 19.4. The van der Waals surface area contributed by atoms with Gasteiger partial charge in [-0.25, -0.2) is 9.59 Å². The molecule has 3 atom stereocenters. The molecule has 2 heterocycles. The highest BCUT2D eigenvalue weighted by Gasteiger charge is 2.43. The van der Waals surface area contributed by atoms with Gasteiger partial charge >= 0.3 is 12.0 Å². The van der Waals surface area contributed by atoms with E-state index in [9.17, 15) is 19.8 Å². The van der Waals surface area contributed by atoms with Crippen LogP contribution in [0.25, 0.3) is 0 Å². The van der Waals surface area contributed by atoms with Crippen LogP contribution in [0.3, 0.4) is 0 Å². The van der Waals surface area contributed by atoms with Crippen molar-refractivity contribution in [3.05, 3.63) is 0 Å². The molecular weight excluding hydrogens is 292 g/mol. The predicted octanol–water partition coefficient (Wildman–Crippen LogP) is 1.58. The van der Waals surface area contributed by atoms with Crippen molar-refractivity contribution in [1.82, 2.24) is 9.80 Å². The van der Waals surface area contributed by atoms with E-state index < -0.39 is 17.6 Å². The molecule has 0 aromatic heterocycles. The fourth-order valence-corrected chi connectivity index (χ4v) is 4.28. The van der Waals surface area contributed by atoms with Gasteiger partial charge in [0.05, 0.1) is 11.0 Å². The number of carbonyl (C=O) groups is 2. The van der Waals surface area contributed by atoms with Crippen LogP contribution in [0.4, 0.5) is 4.79 Å². The normalized spacial score (nSPS) is 33.9. The van der Waals surface area contributed by atoms with Crippen LogP contribution in [0.15, 0.2) is 0 Å². The maximum atomic E-state index is 12.7. The summed E-state index contributed by atoms with van der Waals surface area (Å²) in [5.74, 6) is -0.487. The fourth-order valence-electron chi connectivity index (χ4n) is 2.94. The Morgan fingerprint density at radius 1 is 1.33 bits per heavy atom. The van der Waals surface area contributed by atoms with Gasteiger partial charge in [0.1, 0.15) is 6.04 Å². The Morgan fingerprint density at radius 3 is 2.67 bits per heavy atom. The summed E-state index contributed by atoms with van der Waals surface area (Å²) >= 11 is 1.53. The lowest BCUT2D eigenvalue weighted by atomic mass is 9.98. The van der Waals surface area contributed by atoms with Gasteiger partial charge in [0.2, 0.25) is 0 Å². The second kappa shape index (κ2) is 6.44. The van der Waals surface area contributed by atoms with Crippen LogP contribution < -0.4 is 0 Å². The lowest BCUT2D eigenvalue weighted by Crippen LogP contribution is -2.52. The number of likely N-dealkylation sites (tertiary alicyclic amines) is 1. The van der Waals surface area contributed by atoms with E-state index in [4.69, 9.17) is 0 Å². The van der Waals surface area contributed by atoms with Crippen LogP contribution in [-0.2, 0) is 4.79 Å². The van der Waals surface area contributed by atoms with E-state index in [1.165, 1.54) is 16.7 Å². The largest absolute Gasteiger partial charge is 0.480 e. The number of carboxylic acids is 1. The fraction of sp³-hybridized carbons (Fsp3) is 0.857. The highest BCUT2D eigenvalue weighted by molar-refractivity contribution is 8.00. The highest BCUT2D eigenvalue weighted by Crippen LogP contribution is 2.33. The van der Waals surface area contributed by atoms with Crippen LogP contribution in [-0.4, -0.2) is 67.9 Å². The van der Waals surface area contributed by atoms with Gasteiger partial charge in [-0.2, -0.15) is 0 Å². The average molecular weight is 316 g/mol. The molecule has 2 rings (SSSR count). The van der Waals surface area contributed by atoms with E-state index in [1.807, 2.05) is 6.92 Å². The molecule has 0 radical (unpaired) electrons. The van der Waals surface area contributed by atoms with Crippen LogP contribution in [0, 0.1) is 0 Å². The number of carbonyl (C=O) groups excluding carboxylic acids is 1. The van der Waals surface area contributed by atoms with Crippen LogP contribution in [0.1, 0.15) is 39.5 Å². The molecule has 2 N–H and O–H groups in total. The number of rotatable bonds is 2. The number of carboxylic acid groups (broad SMARTS) is 1. The Balaban J connectivity index is 2.11. The number of aliphatic carboxylic acids is 1. The second-order valence-electron chi connectivity index (χ2n) is 6.08. The Kier molecular flexibility index (Phi) is 5.03. The van der Waals surface area contributed by atoms with Crippen molar-refractivity contribution in [3.8, 4) is 0 Å². The van der Waals surface area contributed by atoms with E-state index in [0.29, 0.717) is 31.7 Å². The topological polar surface area (TPSA) is 81.1 Å². The second-order valence-corrected chi connectivity index (χ2v) is 7.29. The van der Waals surface area contributed by atoms with Crippen molar-refractivity contribution in [1.29, 1.82) is 0 Å². The number of aliphatic hydroxyl groups is 1. The molecule has 2 aliphatic rings. The summed E-state index contributed by atoms with van der Waals surface area (Å²) in [4.78, 5) is 27.3. The van der Waals surface area contributed by atoms with E-state index in [1.54, 1.807) is 11.8 Å². The predicted molar refractivity (Wildman–Crippen MR) is 81.2 cm³/mol. The van der Waals surface area contributed by atoms with E-state index in [-0.39, 0.29) is 11.4 Å². The smallest absolute Gasteiger partial charge is 0.327 e. The third kappa shape index (κ3) is 3.63. The van der Waals surface area contributed by atoms with Gasteiger partial charge in [-0.1, -0.05) is 6.92 Å². The van der Waals surface area contributed by atoms with Gasteiger partial charge in [-0.3, -0.25) is 4.90 Å². The summed E-state index contributed by atoms with van der Waals surface area (Å²) in [6.07, 6.45) is 2.69. The van der Waals surface area contributed by atoms with Crippen molar-refractivity contribution in [3.63, 3.8) is 0 Å². The SMILES string of the molecule is CCC1SCC(C(=O)O)N1C(=O)N1CCCC(C)(O)CC1. The maximum Gasteiger partial charge on any atom is 0.327 e. The molecule has 2 fully saturated rings. The molecule has 0 aliphatic carbocycles. The molecule has 0 aromatic rings. The Bertz CT molecular complexity index is 416. The number of amides is 2. The molecule has 2 saturated heterocycles. The lowest BCUT2D eigenvalue weighted by molar-refractivity contribution is -0.141. The molecule has 21 heavy (non-hydrogen) atoms. The minimum atomic E-state index is -0.936. The van der Waals surface area contributed by atoms with E-state index in [2.05, 4.69) is 0 Å². The minimum absolute atomic E-state index is 0.0673. The number of nitrogens with zero attached hydrogens (tertiary/aromatic N) is 2. The van der Waals surface area contributed by atoms with Gasteiger partial charge < -0.3 is 15.1 Å². The minimum Gasteiger partial charge on any atom is -0.480 e. The molecule has 0 aromatic carbocycles. The standard InChI is InChI=1S/C14H24N2O4S/c1-3-11-16(10(9-21-11)12(17)18)13(19)15-7-4-5-14(2,20)6-8-15/h10-11,20H,3-9H2,1-2H3,(H,17,18). The molecule has 7 heteroatoms. The highest BCUT2D eigenvalue weighted by atomic mass is 32.2. The quantitative estimate of drug-likeness (QED) is 0.808. The van der Waals surface area contributed by atoms with Gasteiger partial charge in [-0.15, -0.1) is 11.8 Å². The number of thioether (sulfide) groups is 1. The van der Waals surface area contributed by atoms with Gasteiger partial charge in [0.15, 0.2) is 0 Å². The van der Waals surface area contributed by atoms with E-state index >= 15 is 0 Å². The van der Waals surface area contributed by atoms with Crippen molar-refractivity contribution in [2.24, 2.45) is 0 Å². The summed E-state index contributed by atoms with van der Waals surface area (Å²) in [6.45, 7) is 4.83. The molecule has 0 spiro atoms. The first-order valence-corrected chi connectivity index (χ1v) is 8.54. The molecule has 0 saturated carbocycles. The zero-order valence-corrected chi connectivity index (χ0v) is 13.4. The molecule has 3 unspecified atom stereocenters. The van der Waals surface area contributed by atoms with Crippen molar-refractivity contribution in [2.75, 3.05) is 18.8 Å². The van der Waals surface area contributed by atoms with Gasteiger partial charge in [-0.05, 0) is 32.6 Å². The molecule has 6 nitrogen and oxygen atoms in total. The first-order chi connectivity index (χ1) is 9.85. The van der Waals surface area contributed by atoms with Crippen molar-refractivity contribution in [2.45, 2.75) is 56.5 Å². The Labute approximate surface area is 129 Å². The molecule has 2 amide bonds. The van der Waals surface area contributed by atoms with E-state index in [0.717, 1.165) is 12.8 Å². The average Bonchev–Trinajstić information content (AvgIpc) is 2.77. The first kappa shape index (κ1) is 16.4. The van der Waals surface area contributed by atoms with Crippen molar-refractivity contribution >= 4 is 23.8 Å². The zero-order chi connectivity index (χ0) is 15.6. The summed E-state index contributed by atoms with van der Waals surface area (Å²) in [6, 6.07) is -0.937. The Morgan fingerprint density at radius 2 is 2.05 bits per heavy atom. The number of hydrogen-bond donors (Lipinski definition) is 2. The van der Waals surface area contributed by atoms with Gasteiger partial charge in [0.25, 0.3) is 0 Å². The van der Waals surface area contributed by atoms with Crippen LogP contribution in [0.2, 0.25) is 0 Å². The first-order valence-electron chi connectivity index (χ1n) is 7.50. The van der Waals surface area contributed by atoms with Crippen molar-refractivity contribution < 1.29 is 19.8 Å². The third-order valence-corrected chi connectivity index (χ3v) is 5.74. The number of urea groups is 1. The molecule has 0 bridgehead atoms. The summed E-state index contributed by atoms with van der Waals surface area (Å²) in [5.41, 5.74) is -0.731. The molecule has 2 aliphatic heterocycles. The Hall–Kier alpha value is -0.950. The van der Waals surface area contributed by atoms with Gasteiger partial charge in [0, 0.05) is 18.8 Å². The third-order valence-electron chi connectivity index (χ3n) is 4.28. The lowest BCUT2D eigenvalue weighted by Gasteiger charge is -2.32. The zero-order valence-electron chi connectivity index (χ0n) is 12.6. The van der Waals surface area contributed by atoms with Crippen LogP contribution >= 0.6 is 11.8 Å². The summed E-state index contributed by atoms with van der Waals surface area (Å²) in [7, 11) is 0. The summed E-state index contributed by atoms with van der Waals surface area (Å²) < 4.78 is 0. The van der Waals surface area contributed by atoms with Crippen LogP contribution in [0.5, 0.6) is 0 Å². The number of hydrogen-bond acceptors (Lipinski definition) is 4.